The topological polar surface area (TPSA) is 34.0 Å². The number of hydrogen-bond donors (Lipinski definition) is 0. The summed E-state index contributed by atoms with van der Waals surface area (Å²) in [5.41, 5.74) is 1.23. The van der Waals surface area contributed by atoms with E-state index in [0.717, 1.165) is 12.4 Å². The van der Waals surface area contributed by atoms with Gasteiger partial charge in [-0.05, 0) is 39.4 Å². The van der Waals surface area contributed by atoms with Gasteiger partial charge in [-0.15, -0.1) is 0 Å². The van der Waals surface area contributed by atoms with Gasteiger partial charge in [0.05, 0.1) is 6.54 Å². The normalized spacial score (nSPS) is 13.2. The number of pyridine rings is 1. The van der Waals surface area contributed by atoms with Gasteiger partial charge in [0.15, 0.2) is 0 Å². The molecule has 1 atom stereocenters. The number of nitrogens with zero attached hydrogens (tertiary/aromatic N) is 4. The molecule has 2 heterocycles. The molecule has 0 radical (unpaired) electrons. The summed E-state index contributed by atoms with van der Waals surface area (Å²) < 4.78 is 2.21. The molecule has 0 aliphatic carbocycles. The van der Waals surface area contributed by atoms with E-state index in [2.05, 4.69) is 53.3 Å². The van der Waals surface area contributed by atoms with Crippen LogP contribution < -0.4 is 0 Å². The molecule has 0 unspecified atom stereocenters. The van der Waals surface area contributed by atoms with Crippen molar-refractivity contribution >= 4 is 0 Å². The SMILES string of the molecule is CC(C)n1ccnc1CN(C)[C@H](C)c1cccnc1. The minimum absolute atomic E-state index is 0.325. The third-order valence-electron chi connectivity index (χ3n) is 3.52. The molecule has 19 heavy (non-hydrogen) atoms. The Hall–Kier alpha value is -1.68. The Morgan fingerprint density at radius 1 is 1.26 bits per heavy atom. The van der Waals surface area contributed by atoms with Crippen LogP contribution in [0.25, 0.3) is 0 Å². The summed E-state index contributed by atoms with van der Waals surface area (Å²) in [5.74, 6) is 1.10. The van der Waals surface area contributed by atoms with Crippen LogP contribution in [0.4, 0.5) is 0 Å². The molecule has 2 aromatic rings. The lowest BCUT2D eigenvalue weighted by Crippen LogP contribution is -2.24. The highest BCUT2D eigenvalue weighted by molar-refractivity contribution is 5.13. The number of imidazole rings is 1. The number of hydrogen-bond acceptors (Lipinski definition) is 3. The maximum Gasteiger partial charge on any atom is 0.123 e. The first-order chi connectivity index (χ1) is 9.09. The van der Waals surface area contributed by atoms with Crippen LogP contribution in [0, 0.1) is 0 Å². The Kier molecular flexibility index (Phi) is 4.32. The molecule has 2 rings (SSSR count). The number of aromatic nitrogens is 3. The first-order valence-electron chi connectivity index (χ1n) is 6.71. The molecule has 0 aliphatic heterocycles. The minimum Gasteiger partial charge on any atom is -0.331 e. The van der Waals surface area contributed by atoms with Crippen molar-refractivity contribution in [1.29, 1.82) is 0 Å². The molecule has 0 amide bonds. The average molecular weight is 258 g/mol. The molecule has 0 saturated carbocycles. The van der Waals surface area contributed by atoms with Crippen LogP contribution in [0.5, 0.6) is 0 Å². The lowest BCUT2D eigenvalue weighted by molar-refractivity contribution is 0.241. The van der Waals surface area contributed by atoms with E-state index in [0.29, 0.717) is 12.1 Å². The lowest BCUT2D eigenvalue weighted by atomic mass is 10.1. The zero-order valence-electron chi connectivity index (χ0n) is 12.1. The summed E-state index contributed by atoms with van der Waals surface area (Å²) in [6, 6.07) is 4.86. The van der Waals surface area contributed by atoms with Crippen LogP contribution in [0.3, 0.4) is 0 Å². The summed E-state index contributed by atoms with van der Waals surface area (Å²) >= 11 is 0. The van der Waals surface area contributed by atoms with Crippen molar-refractivity contribution in [3.05, 3.63) is 48.3 Å². The van der Waals surface area contributed by atoms with Crippen molar-refractivity contribution in [3.8, 4) is 0 Å². The molecule has 102 valence electrons. The van der Waals surface area contributed by atoms with Crippen molar-refractivity contribution in [1.82, 2.24) is 19.4 Å². The molecule has 4 heteroatoms. The summed E-state index contributed by atoms with van der Waals surface area (Å²) in [6.07, 6.45) is 7.65. The van der Waals surface area contributed by atoms with Crippen molar-refractivity contribution in [2.45, 2.75) is 39.4 Å². The summed E-state index contributed by atoms with van der Waals surface area (Å²) in [6.45, 7) is 7.38. The van der Waals surface area contributed by atoms with Gasteiger partial charge < -0.3 is 4.57 Å². The summed E-state index contributed by atoms with van der Waals surface area (Å²) in [4.78, 5) is 10.9. The number of rotatable bonds is 5. The van der Waals surface area contributed by atoms with Crippen molar-refractivity contribution < 1.29 is 0 Å². The molecule has 0 bridgehead atoms. The van der Waals surface area contributed by atoms with Crippen molar-refractivity contribution in [2.75, 3.05) is 7.05 Å². The van der Waals surface area contributed by atoms with E-state index < -0.39 is 0 Å². The Morgan fingerprint density at radius 2 is 2.05 bits per heavy atom. The summed E-state index contributed by atoms with van der Waals surface area (Å²) in [7, 11) is 2.12. The molecular formula is C15H22N4. The van der Waals surface area contributed by atoms with E-state index in [4.69, 9.17) is 0 Å². The van der Waals surface area contributed by atoms with Gasteiger partial charge in [0.2, 0.25) is 0 Å². The fourth-order valence-electron chi connectivity index (χ4n) is 2.17. The molecule has 2 aromatic heterocycles. The van der Waals surface area contributed by atoms with Crippen molar-refractivity contribution in [3.63, 3.8) is 0 Å². The van der Waals surface area contributed by atoms with Gasteiger partial charge in [0, 0.05) is 36.9 Å². The zero-order chi connectivity index (χ0) is 13.8. The molecule has 0 aliphatic rings. The standard InChI is InChI=1S/C15H22N4/c1-12(2)19-9-8-17-15(19)11-18(4)13(3)14-6-5-7-16-10-14/h5-10,12-13H,11H2,1-4H3/t13-/m1/s1. The van der Waals surface area contributed by atoms with Gasteiger partial charge in [-0.25, -0.2) is 4.98 Å². The van der Waals surface area contributed by atoms with Gasteiger partial charge in [0.1, 0.15) is 5.82 Å². The monoisotopic (exact) mass is 258 g/mol. The van der Waals surface area contributed by atoms with E-state index >= 15 is 0 Å². The van der Waals surface area contributed by atoms with E-state index in [1.807, 2.05) is 30.9 Å². The van der Waals surface area contributed by atoms with E-state index in [1.165, 1.54) is 5.56 Å². The van der Waals surface area contributed by atoms with Crippen LogP contribution in [-0.4, -0.2) is 26.5 Å². The minimum atomic E-state index is 0.325. The smallest absolute Gasteiger partial charge is 0.123 e. The lowest BCUT2D eigenvalue weighted by Gasteiger charge is -2.25. The molecule has 4 nitrogen and oxygen atoms in total. The molecular weight excluding hydrogens is 236 g/mol. The van der Waals surface area contributed by atoms with Gasteiger partial charge in [0.25, 0.3) is 0 Å². The fourth-order valence-corrected chi connectivity index (χ4v) is 2.17. The second-order valence-electron chi connectivity index (χ2n) is 5.22. The highest BCUT2D eigenvalue weighted by Gasteiger charge is 2.15. The second-order valence-corrected chi connectivity index (χ2v) is 5.22. The van der Waals surface area contributed by atoms with Crippen LogP contribution in [0.1, 0.15) is 44.2 Å². The van der Waals surface area contributed by atoms with Gasteiger partial charge in [-0.2, -0.15) is 0 Å². The van der Waals surface area contributed by atoms with E-state index in [9.17, 15) is 0 Å². The van der Waals surface area contributed by atoms with Crippen molar-refractivity contribution in [2.24, 2.45) is 0 Å². The Labute approximate surface area is 115 Å². The van der Waals surface area contributed by atoms with Crippen LogP contribution in [-0.2, 0) is 6.54 Å². The predicted octanol–water partition coefficient (Wildman–Crippen LogP) is 3.05. The van der Waals surface area contributed by atoms with Crippen LogP contribution >= 0.6 is 0 Å². The zero-order valence-corrected chi connectivity index (χ0v) is 12.1. The predicted molar refractivity (Wildman–Crippen MR) is 76.7 cm³/mol. The highest BCUT2D eigenvalue weighted by Crippen LogP contribution is 2.20. The van der Waals surface area contributed by atoms with E-state index in [1.54, 1.807) is 0 Å². The Bertz CT molecular complexity index is 504. The highest BCUT2D eigenvalue weighted by atomic mass is 15.2. The third-order valence-corrected chi connectivity index (χ3v) is 3.52. The molecule has 0 fully saturated rings. The van der Waals surface area contributed by atoms with Gasteiger partial charge >= 0.3 is 0 Å². The van der Waals surface area contributed by atoms with Gasteiger partial charge in [-0.3, -0.25) is 9.88 Å². The van der Waals surface area contributed by atoms with E-state index in [-0.39, 0.29) is 0 Å². The molecule has 0 saturated heterocycles. The van der Waals surface area contributed by atoms with Crippen LogP contribution in [0.2, 0.25) is 0 Å². The molecule has 0 aromatic carbocycles. The Balaban J connectivity index is 2.08. The first-order valence-corrected chi connectivity index (χ1v) is 6.71. The molecule has 0 N–H and O–H groups in total. The Morgan fingerprint density at radius 3 is 2.68 bits per heavy atom. The summed E-state index contributed by atoms with van der Waals surface area (Å²) in [5, 5.41) is 0. The third kappa shape index (κ3) is 3.20. The fraction of sp³-hybridized carbons (Fsp3) is 0.467. The largest absolute Gasteiger partial charge is 0.331 e. The maximum atomic E-state index is 4.46. The van der Waals surface area contributed by atoms with Gasteiger partial charge in [-0.1, -0.05) is 6.07 Å². The first kappa shape index (κ1) is 13.7. The second kappa shape index (κ2) is 5.97. The average Bonchev–Trinajstić information content (AvgIpc) is 2.87. The maximum absolute atomic E-state index is 4.46. The molecule has 0 spiro atoms. The van der Waals surface area contributed by atoms with Crippen LogP contribution in [0.15, 0.2) is 36.9 Å². The quantitative estimate of drug-likeness (QED) is 0.826.